The minimum Gasteiger partial charge on any atom is -0.384 e. The second-order valence-corrected chi connectivity index (χ2v) is 4.92. The fourth-order valence-corrected chi connectivity index (χ4v) is 2.49. The van der Waals surface area contributed by atoms with Crippen LogP contribution in [0.4, 0.5) is 5.82 Å². The average molecular weight is 256 g/mol. The highest BCUT2D eigenvalue weighted by molar-refractivity contribution is 6.30. The molecule has 0 bridgehead atoms. The maximum Gasteiger partial charge on any atom is 0.137 e. The quantitative estimate of drug-likeness (QED) is 0.777. The van der Waals surface area contributed by atoms with Crippen molar-refractivity contribution in [1.82, 2.24) is 9.97 Å². The number of rotatable bonds is 3. The number of hydrogen-bond acceptors (Lipinski definition) is 4. The predicted molar refractivity (Wildman–Crippen MR) is 68.7 cm³/mol. The van der Waals surface area contributed by atoms with E-state index in [4.69, 9.17) is 16.3 Å². The van der Waals surface area contributed by atoms with E-state index in [2.05, 4.69) is 14.9 Å². The lowest BCUT2D eigenvalue weighted by Gasteiger charge is -2.20. The number of aryl methyl sites for hydroxylation is 1. The van der Waals surface area contributed by atoms with Gasteiger partial charge in [0.05, 0.1) is 6.61 Å². The third kappa shape index (κ3) is 2.69. The number of halogens is 1. The summed E-state index contributed by atoms with van der Waals surface area (Å²) in [5.41, 5.74) is 0.968. The molecule has 0 saturated carbocycles. The number of methoxy groups -OCH3 is 1. The van der Waals surface area contributed by atoms with E-state index in [0.29, 0.717) is 11.1 Å². The number of ether oxygens (including phenoxy) is 1. The molecule has 1 aromatic rings. The van der Waals surface area contributed by atoms with Crippen molar-refractivity contribution in [3.05, 3.63) is 16.5 Å². The number of anilines is 1. The van der Waals surface area contributed by atoms with E-state index >= 15 is 0 Å². The molecule has 1 aliphatic heterocycles. The Balaban J connectivity index is 2.18. The summed E-state index contributed by atoms with van der Waals surface area (Å²) < 4.78 is 5.20. The van der Waals surface area contributed by atoms with Gasteiger partial charge in [-0.15, -0.1) is 0 Å². The van der Waals surface area contributed by atoms with Gasteiger partial charge in [-0.2, -0.15) is 0 Å². The van der Waals surface area contributed by atoms with Crippen molar-refractivity contribution in [2.24, 2.45) is 5.92 Å². The average Bonchev–Trinajstić information content (AvgIpc) is 2.72. The molecular weight excluding hydrogens is 238 g/mol. The molecule has 1 fully saturated rings. The van der Waals surface area contributed by atoms with Crippen molar-refractivity contribution in [2.45, 2.75) is 20.3 Å². The lowest BCUT2D eigenvalue weighted by Crippen LogP contribution is -2.23. The van der Waals surface area contributed by atoms with Crippen molar-refractivity contribution in [3.63, 3.8) is 0 Å². The Morgan fingerprint density at radius 3 is 2.88 bits per heavy atom. The van der Waals surface area contributed by atoms with Crippen LogP contribution in [0.25, 0.3) is 0 Å². The summed E-state index contributed by atoms with van der Waals surface area (Å²) >= 11 is 6.09. The summed E-state index contributed by atoms with van der Waals surface area (Å²) in [5.74, 6) is 2.29. The van der Waals surface area contributed by atoms with Gasteiger partial charge in [-0.05, 0) is 20.3 Å². The molecule has 0 aromatic carbocycles. The summed E-state index contributed by atoms with van der Waals surface area (Å²) in [6.07, 6.45) is 1.15. The maximum atomic E-state index is 6.09. The largest absolute Gasteiger partial charge is 0.384 e. The van der Waals surface area contributed by atoms with E-state index in [1.807, 2.05) is 13.8 Å². The highest BCUT2D eigenvalue weighted by Gasteiger charge is 2.25. The van der Waals surface area contributed by atoms with Gasteiger partial charge in [0.2, 0.25) is 0 Å². The van der Waals surface area contributed by atoms with Gasteiger partial charge < -0.3 is 9.64 Å². The molecule has 0 radical (unpaired) electrons. The van der Waals surface area contributed by atoms with E-state index in [0.717, 1.165) is 43.3 Å². The third-order valence-electron chi connectivity index (χ3n) is 3.16. The van der Waals surface area contributed by atoms with E-state index in [-0.39, 0.29) is 0 Å². The topological polar surface area (TPSA) is 38.2 Å². The minimum absolute atomic E-state index is 0.558. The van der Waals surface area contributed by atoms with Crippen LogP contribution < -0.4 is 4.90 Å². The van der Waals surface area contributed by atoms with Gasteiger partial charge >= 0.3 is 0 Å². The first-order chi connectivity index (χ1) is 8.11. The molecule has 4 nitrogen and oxygen atoms in total. The van der Waals surface area contributed by atoms with Crippen LogP contribution >= 0.6 is 11.6 Å². The van der Waals surface area contributed by atoms with Crippen LogP contribution in [0, 0.1) is 19.8 Å². The Hall–Kier alpha value is -0.870. The molecule has 1 aliphatic rings. The number of aromatic nitrogens is 2. The summed E-state index contributed by atoms with van der Waals surface area (Å²) in [4.78, 5) is 10.9. The van der Waals surface area contributed by atoms with Crippen LogP contribution in [-0.4, -0.2) is 36.8 Å². The van der Waals surface area contributed by atoms with Gasteiger partial charge in [0.1, 0.15) is 16.8 Å². The molecule has 1 saturated heterocycles. The normalized spacial score (nSPS) is 20.0. The van der Waals surface area contributed by atoms with Crippen LogP contribution in [0.1, 0.15) is 17.8 Å². The Morgan fingerprint density at radius 2 is 2.18 bits per heavy atom. The van der Waals surface area contributed by atoms with E-state index in [1.165, 1.54) is 0 Å². The van der Waals surface area contributed by atoms with Crippen molar-refractivity contribution in [2.75, 3.05) is 31.7 Å². The summed E-state index contributed by atoms with van der Waals surface area (Å²) in [7, 11) is 1.75. The van der Waals surface area contributed by atoms with Crippen molar-refractivity contribution >= 4 is 17.4 Å². The third-order valence-corrected chi connectivity index (χ3v) is 3.53. The SMILES string of the molecule is COCC1CCN(c2nc(C)nc(Cl)c2C)C1. The first-order valence-electron chi connectivity index (χ1n) is 5.86. The first kappa shape index (κ1) is 12.6. The summed E-state index contributed by atoms with van der Waals surface area (Å²) in [6, 6.07) is 0. The monoisotopic (exact) mass is 255 g/mol. The lowest BCUT2D eigenvalue weighted by molar-refractivity contribution is 0.161. The van der Waals surface area contributed by atoms with Gasteiger partial charge in [-0.3, -0.25) is 0 Å². The predicted octanol–water partition coefficient (Wildman–Crippen LogP) is 2.22. The van der Waals surface area contributed by atoms with Gasteiger partial charge in [0.25, 0.3) is 0 Å². The van der Waals surface area contributed by atoms with Gasteiger partial charge in [-0.1, -0.05) is 11.6 Å². The zero-order valence-corrected chi connectivity index (χ0v) is 11.3. The highest BCUT2D eigenvalue weighted by atomic mass is 35.5. The Morgan fingerprint density at radius 1 is 1.41 bits per heavy atom. The molecular formula is C12H18ClN3O. The van der Waals surface area contributed by atoms with Gasteiger partial charge in [0, 0.05) is 31.7 Å². The molecule has 2 heterocycles. The fourth-order valence-electron chi connectivity index (χ4n) is 2.28. The second kappa shape index (κ2) is 5.19. The Bertz CT molecular complexity index is 411. The molecule has 1 unspecified atom stereocenters. The number of hydrogen-bond donors (Lipinski definition) is 0. The molecule has 94 valence electrons. The second-order valence-electron chi connectivity index (χ2n) is 4.57. The molecule has 0 amide bonds. The molecule has 1 aromatic heterocycles. The van der Waals surface area contributed by atoms with Crippen molar-refractivity contribution in [1.29, 1.82) is 0 Å². The molecule has 5 heteroatoms. The highest BCUT2D eigenvalue weighted by Crippen LogP contribution is 2.28. The zero-order valence-electron chi connectivity index (χ0n) is 10.5. The zero-order chi connectivity index (χ0) is 12.4. The Labute approximate surface area is 107 Å². The van der Waals surface area contributed by atoms with E-state index < -0.39 is 0 Å². The van der Waals surface area contributed by atoms with Gasteiger partial charge in [0.15, 0.2) is 0 Å². The molecule has 2 rings (SSSR count). The van der Waals surface area contributed by atoms with Crippen LogP contribution in [0.2, 0.25) is 5.15 Å². The fraction of sp³-hybridized carbons (Fsp3) is 0.667. The van der Waals surface area contributed by atoms with Crippen LogP contribution in [-0.2, 0) is 4.74 Å². The smallest absolute Gasteiger partial charge is 0.137 e. The van der Waals surface area contributed by atoms with Crippen molar-refractivity contribution < 1.29 is 4.74 Å². The van der Waals surface area contributed by atoms with Gasteiger partial charge in [-0.25, -0.2) is 9.97 Å². The van der Waals surface area contributed by atoms with Crippen molar-refractivity contribution in [3.8, 4) is 0 Å². The summed E-state index contributed by atoms with van der Waals surface area (Å²) in [5, 5.41) is 0.558. The number of nitrogens with zero attached hydrogens (tertiary/aromatic N) is 3. The summed E-state index contributed by atoms with van der Waals surface area (Å²) in [6.45, 7) is 6.66. The standard InChI is InChI=1S/C12H18ClN3O/c1-8-11(13)14-9(2)15-12(8)16-5-4-10(6-16)7-17-3/h10H,4-7H2,1-3H3. The van der Waals surface area contributed by atoms with E-state index in [9.17, 15) is 0 Å². The van der Waals surface area contributed by atoms with Crippen LogP contribution in [0.5, 0.6) is 0 Å². The van der Waals surface area contributed by atoms with Crippen LogP contribution in [0.3, 0.4) is 0 Å². The van der Waals surface area contributed by atoms with E-state index in [1.54, 1.807) is 7.11 Å². The molecule has 17 heavy (non-hydrogen) atoms. The van der Waals surface area contributed by atoms with Crippen LogP contribution in [0.15, 0.2) is 0 Å². The minimum atomic E-state index is 0.558. The maximum absolute atomic E-state index is 6.09. The molecule has 0 aliphatic carbocycles. The molecule has 0 spiro atoms. The molecule has 1 atom stereocenters. The Kier molecular flexibility index (Phi) is 3.84. The molecule has 0 N–H and O–H groups in total. The first-order valence-corrected chi connectivity index (χ1v) is 6.24. The lowest BCUT2D eigenvalue weighted by atomic mass is 10.1.